The van der Waals surface area contributed by atoms with Gasteiger partial charge in [-0.15, -0.1) is 0 Å². The normalized spacial score (nSPS) is 27.7. The molecule has 1 saturated carbocycles. The molecule has 5 nitrogen and oxygen atoms in total. The number of nitrogens with zero attached hydrogens (tertiary/aromatic N) is 2. The summed E-state index contributed by atoms with van der Waals surface area (Å²) < 4.78 is 0. The average molecular weight is 250 g/mol. The molecule has 1 amide bonds. The second kappa shape index (κ2) is 5.68. The van der Waals surface area contributed by atoms with Crippen LogP contribution in [-0.2, 0) is 4.79 Å². The Labute approximate surface area is 108 Å². The molecule has 1 aliphatic carbocycles. The van der Waals surface area contributed by atoms with E-state index in [1.165, 1.54) is 6.42 Å². The molecule has 18 heavy (non-hydrogen) atoms. The molecular weight excluding hydrogens is 228 g/mol. The zero-order chi connectivity index (χ0) is 13.0. The first kappa shape index (κ1) is 13.3. The first-order chi connectivity index (χ1) is 8.63. The summed E-state index contributed by atoms with van der Waals surface area (Å²) in [6.07, 6.45) is 5.76. The highest BCUT2D eigenvalue weighted by Crippen LogP contribution is 2.27. The first-order valence-electron chi connectivity index (χ1n) is 6.84. The van der Waals surface area contributed by atoms with Crippen molar-refractivity contribution in [3.63, 3.8) is 0 Å². The van der Waals surface area contributed by atoms with Crippen molar-refractivity contribution in [2.45, 2.75) is 50.1 Å². The summed E-state index contributed by atoms with van der Waals surface area (Å²) in [5.74, 6) is -0.0347. The molecule has 2 fully saturated rings. The third kappa shape index (κ3) is 3.21. The Hall–Kier alpha value is -1.12. The van der Waals surface area contributed by atoms with Crippen LogP contribution in [0.1, 0.15) is 38.5 Å². The van der Waals surface area contributed by atoms with Crippen molar-refractivity contribution < 1.29 is 4.79 Å². The minimum absolute atomic E-state index is 0.0347. The third-order valence-electron chi connectivity index (χ3n) is 3.98. The van der Waals surface area contributed by atoms with Crippen molar-refractivity contribution in [2.24, 2.45) is 5.73 Å². The van der Waals surface area contributed by atoms with E-state index in [-0.39, 0.29) is 11.9 Å². The van der Waals surface area contributed by atoms with Crippen LogP contribution in [0.2, 0.25) is 0 Å². The van der Waals surface area contributed by atoms with Gasteiger partial charge < -0.3 is 11.1 Å². The monoisotopic (exact) mass is 250 g/mol. The molecule has 1 aliphatic heterocycles. The summed E-state index contributed by atoms with van der Waals surface area (Å²) in [6, 6.07) is 2.50. The maximum Gasteiger partial charge on any atom is 0.235 e. The Kier molecular flexibility index (Phi) is 4.20. The summed E-state index contributed by atoms with van der Waals surface area (Å²) in [6.45, 7) is 2.04. The van der Waals surface area contributed by atoms with Crippen LogP contribution in [0.15, 0.2) is 0 Å². The van der Waals surface area contributed by atoms with E-state index in [9.17, 15) is 10.1 Å². The predicted octanol–water partition coefficient (Wildman–Crippen LogP) is 0.362. The molecule has 1 heterocycles. The van der Waals surface area contributed by atoms with E-state index in [1.54, 1.807) is 0 Å². The van der Waals surface area contributed by atoms with Crippen LogP contribution >= 0.6 is 0 Å². The van der Waals surface area contributed by atoms with Crippen LogP contribution in [-0.4, -0.2) is 42.0 Å². The highest BCUT2D eigenvalue weighted by atomic mass is 16.2. The second-order valence-corrected chi connectivity index (χ2v) is 5.59. The van der Waals surface area contributed by atoms with Crippen molar-refractivity contribution in [2.75, 3.05) is 19.6 Å². The largest absolute Gasteiger partial charge is 0.337 e. The smallest absolute Gasteiger partial charge is 0.235 e. The molecule has 0 aromatic heterocycles. The van der Waals surface area contributed by atoms with Crippen LogP contribution < -0.4 is 11.1 Å². The van der Waals surface area contributed by atoms with E-state index in [0.29, 0.717) is 6.54 Å². The lowest BCUT2D eigenvalue weighted by molar-refractivity contribution is -0.123. The van der Waals surface area contributed by atoms with E-state index in [2.05, 4.69) is 16.3 Å². The lowest BCUT2D eigenvalue weighted by Crippen LogP contribution is -2.51. The molecule has 1 atom stereocenters. The van der Waals surface area contributed by atoms with Crippen molar-refractivity contribution in [3.05, 3.63) is 0 Å². The van der Waals surface area contributed by atoms with E-state index < -0.39 is 5.54 Å². The molecule has 0 bridgehead atoms. The summed E-state index contributed by atoms with van der Waals surface area (Å²) in [5, 5.41) is 12.2. The van der Waals surface area contributed by atoms with Crippen molar-refractivity contribution in [1.82, 2.24) is 10.2 Å². The van der Waals surface area contributed by atoms with Gasteiger partial charge in [-0.3, -0.25) is 9.69 Å². The van der Waals surface area contributed by atoms with Crippen molar-refractivity contribution >= 4 is 5.91 Å². The molecule has 0 spiro atoms. The van der Waals surface area contributed by atoms with Gasteiger partial charge in [0.15, 0.2) is 0 Å². The maximum atomic E-state index is 12.0. The SMILES string of the molecule is N#CC1(NC(=O)CN2CC[C@@H](N)C2)CCCCC1. The Morgan fingerprint density at radius 1 is 1.44 bits per heavy atom. The van der Waals surface area contributed by atoms with Gasteiger partial charge in [0.1, 0.15) is 5.54 Å². The van der Waals surface area contributed by atoms with Gasteiger partial charge in [-0.1, -0.05) is 19.3 Å². The molecule has 2 rings (SSSR count). The third-order valence-corrected chi connectivity index (χ3v) is 3.98. The van der Waals surface area contributed by atoms with Crippen LogP contribution in [0.3, 0.4) is 0 Å². The zero-order valence-corrected chi connectivity index (χ0v) is 10.8. The lowest BCUT2D eigenvalue weighted by Gasteiger charge is -2.32. The predicted molar refractivity (Wildman–Crippen MR) is 68.6 cm³/mol. The van der Waals surface area contributed by atoms with E-state index in [1.807, 2.05) is 0 Å². The minimum atomic E-state index is -0.614. The molecule has 0 aromatic carbocycles. The van der Waals surface area contributed by atoms with Crippen molar-refractivity contribution in [1.29, 1.82) is 5.26 Å². The van der Waals surface area contributed by atoms with Gasteiger partial charge in [0.2, 0.25) is 5.91 Å². The quantitative estimate of drug-likeness (QED) is 0.758. The van der Waals surface area contributed by atoms with Gasteiger partial charge in [0.05, 0.1) is 12.6 Å². The van der Waals surface area contributed by atoms with Gasteiger partial charge in [-0.25, -0.2) is 0 Å². The number of hydrogen-bond acceptors (Lipinski definition) is 4. The summed E-state index contributed by atoms with van der Waals surface area (Å²) in [4.78, 5) is 14.1. The molecule has 1 saturated heterocycles. The molecule has 0 aromatic rings. The van der Waals surface area contributed by atoms with Crippen LogP contribution in [0, 0.1) is 11.3 Å². The standard InChI is InChI=1S/C13H22N4O/c14-10-13(5-2-1-3-6-13)16-12(18)9-17-7-4-11(15)8-17/h11H,1-9,15H2,(H,16,18)/t11-/m1/s1. The first-order valence-corrected chi connectivity index (χ1v) is 6.84. The van der Waals surface area contributed by atoms with E-state index in [0.717, 1.165) is 45.2 Å². The number of likely N-dealkylation sites (tertiary alicyclic amines) is 1. The number of nitrogens with two attached hydrogens (primary N) is 1. The summed E-state index contributed by atoms with van der Waals surface area (Å²) in [5.41, 5.74) is 5.20. The highest BCUT2D eigenvalue weighted by molar-refractivity contribution is 5.79. The molecule has 0 radical (unpaired) electrons. The van der Waals surface area contributed by atoms with Gasteiger partial charge >= 0.3 is 0 Å². The van der Waals surface area contributed by atoms with Crippen LogP contribution in [0.5, 0.6) is 0 Å². The van der Waals surface area contributed by atoms with Crippen molar-refractivity contribution in [3.8, 4) is 6.07 Å². The Balaban J connectivity index is 1.84. The zero-order valence-electron chi connectivity index (χ0n) is 10.8. The molecular formula is C13H22N4O. The molecule has 3 N–H and O–H groups in total. The number of amides is 1. The number of rotatable bonds is 3. The Morgan fingerprint density at radius 2 is 2.17 bits per heavy atom. The van der Waals surface area contributed by atoms with Gasteiger partial charge in [0.25, 0.3) is 0 Å². The topological polar surface area (TPSA) is 82.2 Å². The number of carbonyl (C=O) groups is 1. The average Bonchev–Trinajstić information content (AvgIpc) is 2.75. The maximum absolute atomic E-state index is 12.0. The highest BCUT2D eigenvalue weighted by Gasteiger charge is 2.34. The van der Waals surface area contributed by atoms with E-state index in [4.69, 9.17) is 5.73 Å². The molecule has 0 unspecified atom stereocenters. The number of nitrogens with one attached hydrogen (secondary N) is 1. The summed E-state index contributed by atoms with van der Waals surface area (Å²) in [7, 11) is 0. The molecule has 100 valence electrons. The fraction of sp³-hybridized carbons (Fsp3) is 0.846. The minimum Gasteiger partial charge on any atom is -0.337 e. The Morgan fingerprint density at radius 3 is 2.72 bits per heavy atom. The van der Waals surface area contributed by atoms with Crippen LogP contribution in [0.25, 0.3) is 0 Å². The molecule has 5 heteroatoms. The number of carbonyl (C=O) groups excluding carboxylic acids is 1. The number of hydrogen-bond donors (Lipinski definition) is 2. The summed E-state index contributed by atoms with van der Waals surface area (Å²) >= 11 is 0. The second-order valence-electron chi connectivity index (χ2n) is 5.59. The van der Waals surface area contributed by atoms with Gasteiger partial charge in [-0.05, 0) is 19.3 Å². The fourth-order valence-electron chi connectivity index (χ4n) is 2.94. The number of nitriles is 1. The Bertz CT molecular complexity index is 343. The van der Waals surface area contributed by atoms with Crippen LogP contribution in [0.4, 0.5) is 0 Å². The van der Waals surface area contributed by atoms with E-state index >= 15 is 0 Å². The van der Waals surface area contributed by atoms with Gasteiger partial charge in [-0.2, -0.15) is 5.26 Å². The molecule has 2 aliphatic rings. The lowest BCUT2D eigenvalue weighted by atomic mass is 9.83. The fourth-order valence-corrected chi connectivity index (χ4v) is 2.94. The van der Waals surface area contributed by atoms with Gasteiger partial charge in [0, 0.05) is 19.1 Å².